The van der Waals surface area contributed by atoms with Crippen molar-refractivity contribution in [2.75, 3.05) is 5.32 Å². The number of nitrogens with one attached hydrogen (secondary N) is 1. The fourth-order valence-corrected chi connectivity index (χ4v) is 1.79. The Hall–Kier alpha value is -2.30. The van der Waals surface area contributed by atoms with Gasteiger partial charge >= 0.3 is 0 Å². The lowest BCUT2D eigenvalue weighted by Crippen LogP contribution is -2.33. The molecule has 1 aromatic carbocycles. The number of nitrogens with zero attached hydrogens (tertiary/aromatic N) is 4. The number of hydrogen-bond donors (Lipinski definition) is 1. The van der Waals surface area contributed by atoms with E-state index in [2.05, 4.69) is 44.3 Å². The van der Waals surface area contributed by atoms with Gasteiger partial charge in [0.15, 0.2) is 11.9 Å². The molecule has 0 bridgehead atoms. The first-order chi connectivity index (χ1) is 8.33. The lowest BCUT2D eigenvalue weighted by molar-refractivity contribution is 1.13. The standard InChI is InChI=1S/C12H11N5/c1-8-3-2-4-9(5-8)17-12-10-11(14-6-13-10)15-7-16-12/h2-7,10H,1H3,(H,13,14,15,16,17). The molecule has 2 aliphatic rings. The molecule has 0 radical (unpaired) electrons. The lowest BCUT2D eigenvalue weighted by Gasteiger charge is -2.16. The minimum atomic E-state index is -0.180. The fraction of sp³-hybridized carbons (Fsp3) is 0.167. The average Bonchev–Trinajstić information content (AvgIpc) is 2.78. The van der Waals surface area contributed by atoms with Crippen LogP contribution in [0.4, 0.5) is 5.69 Å². The van der Waals surface area contributed by atoms with Crippen LogP contribution in [0, 0.1) is 6.92 Å². The van der Waals surface area contributed by atoms with Gasteiger partial charge in [0.25, 0.3) is 0 Å². The number of amidine groups is 2. The number of hydrogen-bond acceptors (Lipinski definition) is 5. The van der Waals surface area contributed by atoms with Gasteiger partial charge in [-0.15, -0.1) is 0 Å². The zero-order valence-corrected chi connectivity index (χ0v) is 9.33. The molecule has 5 nitrogen and oxygen atoms in total. The Morgan fingerprint density at radius 1 is 1.18 bits per heavy atom. The summed E-state index contributed by atoms with van der Waals surface area (Å²) in [5.41, 5.74) is 2.20. The average molecular weight is 225 g/mol. The number of anilines is 1. The highest BCUT2D eigenvalue weighted by atomic mass is 15.2. The van der Waals surface area contributed by atoms with Gasteiger partial charge in [-0.1, -0.05) is 12.1 Å². The van der Waals surface area contributed by atoms with Crippen molar-refractivity contribution < 1.29 is 0 Å². The molecule has 0 aliphatic carbocycles. The Kier molecular flexibility index (Phi) is 2.29. The van der Waals surface area contributed by atoms with Crippen LogP contribution in [0.2, 0.25) is 0 Å². The van der Waals surface area contributed by atoms with E-state index < -0.39 is 0 Å². The highest BCUT2D eigenvalue weighted by molar-refractivity contribution is 6.23. The first kappa shape index (κ1) is 9.89. The van der Waals surface area contributed by atoms with E-state index in [0.29, 0.717) is 5.84 Å². The third-order valence-electron chi connectivity index (χ3n) is 2.59. The van der Waals surface area contributed by atoms with E-state index in [1.807, 2.05) is 12.1 Å². The molecule has 1 atom stereocenters. The Balaban J connectivity index is 1.86. The maximum Gasteiger partial charge on any atom is 0.169 e. The van der Waals surface area contributed by atoms with Crippen molar-refractivity contribution in [3.63, 3.8) is 0 Å². The molecule has 2 aliphatic heterocycles. The molecular formula is C12H11N5. The van der Waals surface area contributed by atoms with Crippen LogP contribution >= 0.6 is 0 Å². The highest BCUT2D eigenvalue weighted by Crippen LogP contribution is 2.14. The second-order valence-electron chi connectivity index (χ2n) is 3.91. The van der Waals surface area contributed by atoms with Gasteiger partial charge in [0.1, 0.15) is 18.5 Å². The molecule has 1 N–H and O–H groups in total. The van der Waals surface area contributed by atoms with Crippen LogP contribution in [0.25, 0.3) is 0 Å². The molecule has 0 aromatic heterocycles. The van der Waals surface area contributed by atoms with Crippen LogP contribution in [0.1, 0.15) is 5.56 Å². The van der Waals surface area contributed by atoms with E-state index >= 15 is 0 Å². The van der Waals surface area contributed by atoms with Crippen LogP contribution in [-0.2, 0) is 0 Å². The highest BCUT2D eigenvalue weighted by Gasteiger charge is 2.26. The molecule has 0 saturated heterocycles. The smallest absolute Gasteiger partial charge is 0.169 e. The Bertz CT molecular complexity index is 568. The zero-order chi connectivity index (χ0) is 11.7. The molecule has 1 aromatic rings. The third-order valence-corrected chi connectivity index (χ3v) is 2.59. The molecule has 2 heterocycles. The number of aliphatic imine (C=N–C) groups is 4. The van der Waals surface area contributed by atoms with E-state index in [9.17, 15) is 0 Å². The summed E-state index contributed by atoms with van der Waals surface area (Å²) < 4.78 is 0. The van der Waals surface area contributed by atoms with Crippen LogP contribution in [0.15, 0.2) is 44.2 Å². The molecule has 5 heteroatoms. The Labute approximate surface area is 98.7 Å². The van der Waals surface area contributed by atoms with E-state index in [-0.39, 0.29) is 6.04 Å². The second-order valence-corrected chi connectivity index (χ2v) is 3.91. The first-order valence-corrected chi connectivity index (χ1v) is 5.36. The zero-order valence-electron chi connectivity index (χ0n) is 9.33. The number of aryl methyl sites for hydroxylation is 1. The van der Waals surface area contributed by atoms with Crippen LogP contribution in [-0.4, -0.2) is 30.4 Å². The summed E-state index contributed by atoms with van der Waals surface area (Å²) in [7, 11) is 0. The lowest BCUT2D eigenvalue weighted by atomic mass is 10.2. The van der Waals surface area contributed by atoms with E-state index in [0.717, 1.165) is 11.5 Å². The molecular weight excluding hydrogens is 214 g/mol. The van der Waals surface area contributed by atoms with Crippen LogP contribution in [0.3, 0.4) is 0 Å². The van der Waals surface area contributed by atoms with Crippen molar-refractivity contribution in [2.45, 2.75) is 13.0 Å². The number of fused-ring (bicyclic) bond motifs is 1. The second kappa shape index (κ2) is 3.93. The molecule has 3 rings (SSSR count). The molecule has 0 amide bonds. The number of benzene rings is 1. The van der Waals surface area contributed by atoms with Gasteiger partial charge in [-0.3, -0.25) is 4.99 Å². The van der Waals surface area contributed by atoms with Gasteiger partial charge in [0.05, 0.1) is 0 Å². The normalized spacial score (nSPS) is 20.9. The van der Waals surface area contributed by atoms with Gasteiger partial charge in [-0.05, 0) is 24.6 Å². The summed E-state index contributed by atoms with van der Waals surface area (Å²) in [4.78, 5) is 16.6. The topological polar surface area (TPSA) is 61.5 Å². The summed E-state index contributed by atoms with van der Waals surface area (Å²) in [6.07, 6.45) is 3.03. The van der Waals surface area contributed by atoms with Crippen molar-refractivity contribution in [3.05, 3.63) is 29.8 Å². The SMILES string of the molecule is Cc1cccc(NC2=NC=NC3=NC=NC32)c1. The van der Waals surface area contributed by atoms with Crippen LogP contribution < -0.4 is 5.32 Å². The summed E-state index contributed by atoms with van der Waals surface area (Å²) in [5.74, 6) is 1.45. The number of rotatable bonds is 1. The van der Waals surface area contributed by atoms with E-state index in [1.165, 1.54) is 18.2 Å². The minimum Gasteiger partial charge on any atom is -0.341 e. The molecule has 84 valence electrons. The monoisotopic (exact) mass is 225 g/mol. The Morgan fingerprint density at radius 2 is 2.12 bits per heavy atom. The van der Waals surface area contributed by atoms with Crippen molar-refractivity contribution in [2.24, 2.45) is 20.0 Å². The molecule has 1 unspecified atom stereocenters. The van der Waals surface area contributed by atoms with Gasteiger partial charge in [-0.25, -0.2) is 15.0 Å². The van der Waals surface area contributed by atoms with Gasteiger partial charge in [-0.2, -0.15) is 0 Å². The predicted molar refractivity (Wildman–Crippen MR) is 70.4 cm³/mol. The van der Waals surface area contributed by atoms with Crippen LogP contribution in [0.5, 0.6) is 0 Å². The predicted octanol–water partition coefficient (Wildman–Crippen LogP) is 1.66. The largest absolute Gasteiger partial charge is 0.341 e. The minimum absolute atomic E-state index is 0.180. The first-order valence-electron chi connectivity index (χ1n) is 5.36. The van der Waals surface area contributed by atoms with Gasteiger partial charge in [0, 0.05) is 5.69 Å². The maximum atomic E-state index is 4.22. The molecule has 0 fully saturated rings. The summed E-state index contributed by atoms with van der Waals surface area (Å²) >= 11 is 0. The summed E-state index contributed by atoms with van der Waals surface area (Å²) in [6, 6.07) is 7.93. The fourth-order valence-electron chi connectivity index (χ4n) is 1.79. The molecule has 17 heavy (non-hydrogen) atoms. The van der Waals surface area contributed by atoms with Gasteiger partial charge < -0.3 is 5.32 Å². The van der Waals surface area contributed by atoms with E-state index in [1.54, 1.807) is 0 Å². The van der Waals surface area contributed by atoms with Crippen molar-refractivity contribution in [1.29, 1.82) is 0 Å². The van der Waals surface area contributed by atoms with E-state index in [4.69, 9.17) is 0 Å². The van der Waals surface area contributed by atoms with Crippen molar-refractivity contribution >= 4 is 30.0 Å². The van der Waals surface area contributed by atoms with Crippen molar-refractivity contribution in [1.82, 2.24) is 0 Å². The Morgan fingerprint density at radius 3 is 3.00 bits per heavy atom. The summed E-state index contributed by atoms with van der Waals surface area (Å²) in [5, 5.41) is 3.26. The maximum absolute atomic E-state index is 4.22. The third kappa shape index (κ3) is 1.87. The van der Waals surface area contributed by atoms with Crippen molar-refractivity contribution in [3.8, 4) is 0 Å². The molecule has 0 saturated carbocycles. The van der Waals surface area contributed by atoms with Gasteiger partial charge in [0.2, 0.25) is 0 Å². The molecule has 0 spiro atoms. The quantitative estimate of drug-likeness (QED) is 0.776. The summed E-state index contributed by atoms with van der Waals surface area (Å²) in [6.45, 7) is 2.05.